The predicted molar refractivity (Wildman–Crippen MR) is 98.3 cm³/mol. The SMILES string of the molecule is O=S(=O)(NCc1ccc(Cn2ccnc2)cc1)c1ccc(Cl)c(Cl)c1. The first-order valence-electron chi connectivity index (χ1n) is 7.42. The lowest BCUT2D eigenvalue weighted by molar-refractivity contribution is 0.581. The largest absolute Gasteiger partial charge is 0.333 e. The Hall–Kier alpha value is -1.86. The van der Waals surface area contributed by atoms with Crippen LogP contribution >= 0.6 is 23.2 Å². The fraction of sp³-hybridized carbons (Fsp3) is 0.118. The van der Waals surface area contributed by atoms with Gasteiger partial charge in [0.2, 0.25) is 10.0 Å². The molecule has 5 nitrogen and oxygen atoms in total. The van der Waals surface area contributed by atoms with Crippen LogP contribution in [0.2, 0.25) is 10.0 Å². The van der Waals surface area contributed by atoms with Crippen molar-refractivity contribution in [2.45, 2.75) is 18.0 Å². The molecule has 2 aromatic carbocycles. The third-order valence-corrected chi connectivity index (χ3v) is 5.75. The van der Waals surface area contributed by atoms with E-state index in [1.807, 2.05) is 35.0 Å². The highest BCUT2D eigenvalue weighted by Crippen LogP contribution is 2.24. The van der Waals surface area contributed by atoms with Gasteiger partial charge in [-0.3, -0.25) is 0 Å². The number of hydrogen-bond acceptors (Lipinski definition) is 3. The average Bonchev–Trinajstić information content (AvgIpc) is 3.10. The fourth-order valence-electron chi connectivity index (χ4n) is 2.26. The number of sulfonamides is 1. The second-order valence-corrected chi connectivity index (χ2v) is 8.03. The van der Waals surface area contributed by atoms with Gasteiger partial charge in [0, 0.05) is 25.5 Å². The van der Waals surface area contributed by atoms with Crippen LogP contribution in [0.3, 0.4) is 0 Å². The van der Waals surface area contributed by atoms with Crippen LogP contribution in [0.25, 0.3) is 0 Å². The lowest BCUT2D eigenvalue weighted by Crippen LogP contribution is -2.23. The van der Waals surface area contributed by atoms with Gasteiger partial charge in [-0.2, -0.15) is 0 Å². The van der Waals surface area contributed by atoms with Crippen molar-refractivity contribution in [3.8, 4) is 0 Å². The molecule has 0 aliphatic heterocycles. The van der Waals surface area contributed by atoms with E-state index in [1.165, 1.54) is 18.2 Å². The van der Waals surface area contributed by atoms with E-state index in [0.29, 0.717) is 5.02 Å². The van der Waals surface area contributed by atoms with Crippen molar-refractivity contribution in [1.82, 2.24) is 14.3 Å². The molecular weight excluding hydrogens is 381 g/mol. The molecular formula is C17H15Cl2N3O2S. The van der Waals surface area contributed by atoms with Crippen molar-refractivity contribution in [2.75, 3.05) is 0 Å². The molecule has 0 saturated heterocycles. The van der Waals surface area contributed by atoms with E-state index in [4.69, 9.17) is 23.2 Å². The summed E-state index contributed by atoms with van der Waals surface area (Å²) in [6.45, 7) is 0.906. The molecule has 0 spiro atoms. The normalized spacial score (nSPS) is 11.6. The highest BCUT2D eigenvalue weighted by atomic mass is 35.5. The van der Waals surface area contributed by atoms with E-state index in [-0.39, 0.29) is 16.5 Å². The highest BCUT2D eigenvalue weighted by Gasteiger charge is 2.15. The Morgan fingerprint density at radius 3 is 2.36 bits per heavy atom. The maximum absolute atomic E-state index is 12.3. The minimum Gasteiger partial charge on any atom is -0.333 e. The van der Waals surface area contributed by atoms with Gasteiger partial charge in [-0.15, -0.1) is 0 Å². The average molecular weight is 396 g/mol. The molecule has 25 heavy (non-hydrogen) atoms. The van der Waals surface area contributed by atoms with Gasteiger partial charge in [0.15, 0.2) is 0 Å². The molecule has 0 bridgehead atoms. The Balaban J connectivity index is 1.65. The van der Waals surface area contributed by atoms with E-state index in [9.17, 15) is 8.42 Å². The number of hydrogen-bond donors (Lipinski definition) is 1. The van der Waals surface area contributed by atoms with Crippen molar-refractivity contribution >= 4 is 33.2 Å². The molecule has 0 aliphatic carbocycles. The molecule has 1 heterocycles. The summed E-state index contributed by atoms with van der Waals surface area (Å²) >= 11 is 11.7. The van der Waals surface area contributed by atoms with Gasteiger partial charge in [0.1, 0.15) is 0 Å². The molecule has 8 heteroatoms. The zero-order valence-electron chi connectivity index (χ0n) is 13.1. The summed E-state index contributed by atoms with van der Waals surface area (Å²) in [5.74, 6) is 0. The van der Waals surface area contributed by atoms with Crippen LogP contribution in [-0.2, 0) is 23.1 Å². The summed E-state index contributed by atoms with van der Waals surface area (Å²) in [6, 6.07) is 11.9. The van der Waals surface area contributed by atoms with Gasteiger partial charge in [-0.05, 0) is 29.3 Å². The first kappa shape index (κ1) is 17.9. The number of nitrogens with zero attached hydrogens (tertiary/aromatic N) is 2. The number of aromatic nitrogens is 2. The Kier molecular flexibility index (Phi) is 5.44. The third-order valence-electron chi connectivity index (χ3n) is 3.61. The van der Waals surface area contributed by atoms with Crippen LogP contribution in [0.4, 0.5) is 0 Å². The van der Waals surface area contributed by atoms with Crippen LogP contribution in [0, 0.1) is 0 Å². The van der Waals surface area contributed by atoms with E-state index >= 15 is 0 Å². The Morgan fingerprint density at radius 2 is 1.72 bits per heavy atom. The summed E-state index contributed by atoms with van der Waals surface area (Å²) in [5, 5.41) is 0.516. The monoisotopic (exact) mass is 395 g/mol. The summed E-state index contributed by atoms with van der Waals surface area (Å²) < 4.78 is 29.2. The van der Waals surface area contributed by atoms with Crippen LogP contribution in [0.5, 0.6) is 0 Å². The molecule has 1 N–H and O–H groups in total. The molecule has 0 saturated carbocycles. The van der Waals surface area contributed by atoms with Crippen LogP contribution in [0.1, 0.15) is 11.1 Å². The van der Waals surface area contributed by atoms with Gasteiger partial charge in [0.25, 0.3) is 0 Å². The number of nitrogens with one attached hydrogen (secondary N) is 1. The molecule has 1 aromatic heterocycles. The molecule has 0 fully saturated rings. The van der Waals surface area contributed by atoms with Crippen LogP contribution in [0.15, 0.2) is 66.1 Å². The van der Waals surface area contributed by atoms with Gasteiger partial charge < -0.3 is 4.57 Å². The standard InChI is InChI=1S/C17H15Cl2N3O2S/c18-16-6-5-15(9-17(16)19)25(23,24)21-10-13-1-3-14(4-2-13)11-22-8-7-20-12-22/h1-9,12,21H,10-11H2. The van der Waals surface area contributed by atoms with Crippen molar-refractivity contribution in [3.63, 3.8) is 0 Å². The number of halogens is 2. The van der Waals surface area contributed by atoms with Crippen molar-refractivity contribution < 1.29 is 8.42 Å². The molecule has 3 rings (SSSR count). The fourth-order valence-corrected chi connectivity index (χ4v) is 3.67. The van der Waals surface area contributed by atoms with E-state index in [2.05, 4.69) is 9.71 Å². The number of imidazole rings is 1. The molecule has 0 radical (unpaired) electrons. The summed E-state index contributed by atoms with van der Waals surface area (Å²) in [4.78, 5) is 4.08. The van der Waals surface area contributed by atoms with Crippen molar-refractivity contribution in [2.24, 2.45) is 0 Å². The predicted octanol–water partition coefficient (Wildman–Crippen LogP) is 3.72. The Morgan fingerprint density at radius 1 is 1.00 bits per heavy atom. The second kappa shape index (κ2) is 7.58. The molecule has 130 valence electrons. The molecule has 3 aromatic rings. The molecule has 0 atom stereocenters. The Bertz CT molecular complexity index is 956. The van der Waals surface area contributed by atoms with Gasteiger partial charge in [-0.25, -0.2) is 18.1 Å². The minimum absolute atomic E-state index is 0.0821. The van der Waals surface area contributed by atoms with Crippen LogP contribution in [-0.4, -0.2) is 18.0 Å². The topological polar surface area (TPSA) is 64.0 Å². The molecule has 0 unspecified atom stereocenters. The van der Waals surface area contributed by atoms with Crippen molar-refractivity contribution in [3.05, 3.63) is 82.4 Å². The van der Waals surface area contributed by atoms with Gasteiger partial charge in [0.05, 0.1) is 21.3 Å². The maximum Gasteiger partial charge on any atom is 0.240 e. The first-order valence-corrected chi connectivity index (χ1v) is 9.66. The van der Waals surface area contributed by atoms with E-state index in [1.54, 1.807) is 12.5 Å². The first-order chi connectivity index (χ1) is 11.9. The highest BCUT2D eigenvalue weighted by molar-refractivity contribution is 7.89. The maximum atomic E-state index is 12.3. The van der Waals surface area contributed by atoms with Crippen LogP contribution < -0.4 is 4.72 Å². The third kappa shape index (κ3) is 4.61. The number of benzene rings is 2. The number of rotatable bonds is 6. The summed E-state index contributed by atoms with van der Waals surface area (Å²) in [6.07, 6.45) is 5.37. The smallest absolute Gasteiger partial charge is 0.240 e. The minimum atomic E-state index is -3.65. The summed E-state index contributed by atoms with van der Waals surface area (Å²) in [7, 11) is -3.65. The molecule has 0 amide bonds. The Labute approximate surface area is 156 Å². The van der Waals surface area contributed by atoms with Gasteiger partial charge in [-0.1, -0.05) is 47.5 Å². The quantitative estimate of drug-likeness (QED) is 0.691. The molecule has 0 aliphatic rings. The second-order valence-electron chi connectivity index (χ2n) is 5.45. The summed E-state index contributed by atoms with van der Waals surface area (Å²) in [5.41, 5.74) is 1.96. The lowest BCUT2D eigenvalue weighted by Gasteiger charge is -2.09. The van der Waals surface area contributed by atoms with E-state index < -0.39 is 10.0 Å². The zero-order chi connectivity index (χ0) is 17.9. The van der Waals surface area contributed by atoms with Crippen molar-refractivity contribution in [1.29, 1.82) is 0 Å². The lowest BCUT2D eigenvalue weighted by atomic mass is 10.1. The zero-order valence-corrected chi connectivity index (χ0v) is 15.4. The van der Waals surface area contributed by atoms with Gasteiger partial charge >= 0.3 is 0 Å². The van der Waals surface area contributed by atoms with E-state index in [0.717, 1.165) is 17.7 Å².